The van der Waals surface area contributed by atoms with Crippen LogP contribution < -0.4 is 16.0 Å². The van der Waals surface area contributed by atoms with Gasteiger partial charge in [0.15, 0.2) is 0 Å². The predicted molar refractivity (Wildman–Crippen MR) is 112 cm³/mol. The molecule has 1 aromatic carbocycles. The molecule has 0 unspecified atom stereocenters. The molecule has 150 valence electrons. The largest absolute Gasteiger partial charge is 0.347 e. The number of carbonyl (C=O) groups is 3. The van der Waals surface area contributed by atoms with Crippen molar-refractivity contribution >= 4 is 52.3 Å². The first kappa shape index (κ1) is 22.2. The maximum absolute atomic E-state index is 12.2. The van der Waals surface area contributed by atoms with E-state index in [2.05, 4.69) is 16.0 Å². The van der Waals surface area contributed by atoms with Crippen LogP contribution in [0.4, 0.5) is 0 Å². The van der Waals surface area contributed by atoms with E-state index in [1.165, 1.54) is 18.2 Å². The molecule has 2 rings (SSSR count). The second-order valence-electron chi connectivity index (χ2n) is 6.39. The van der Waals surface area contributed by atoms with Crippen LogP contribution >= 0.6 is 34.5 Å². The van der Waals surface area contributed by atoms with Crippen molar-refractivity contribution in [3.8, 4) is 0 Å². The van der Waals surface area contributed by atoms with Crippen LogP contribution in [-0.2, 0) is 9.59 Å². The SMILES string of the molecule is CC(C)[C@@H](NC(=O)CNC(=O)CNC(=O)c1ccc(Cl)cc1Cl)c1cccs1. The van der Waals surface area contributed by atoms with Crippen LogP contribution in [0.5, 0.6) is 0 Å². The second-order valence-corrected chi connectivity index (χ2v) is 8.21. The number of hydrogen-bond acceptors (Lipinski definition) is 4. The number of benzene rings is 1. The summed E-state index contributed by atoms with van der Waals surface area (Å²) in [5, 5.41) is 10.4. The van der Waals surface area contributed by atoms with Gasteiger partial charge in [-0.25, -0.2) is 0 Å². The van der Waals surface area contributed by atoms with Crippen LogP contribution in [0.1, 0.15) is 35.1 Å². The van der Waals surface area contributed by atoms with Gasteiger partial charge >= 0.3 is 0 Å². The summed E-state index contributed by atoms with van der Waals surface area (Å²) in [4.78, 5) is 37.2. The van der Waals surface area contributed by atoms with Gasteiger partial charge in [-0.05, 0) is 35.6 Å². The summed E-state index contributed by atoms with van der Waals surface area (Å²) in [7, 11) is 0. The summed E-state index contributed by atoms with van der Waals surface area (Å²) in [6, 6.07) is 8.23. The normalized spacial score (nSPS) is 11.8. The zero-order valence-corrected chi connectivity index (χ0v) is 17.8. The summed E-state index contributed by atoms with van der Waals surface area (Å²) >= 11 is 13.3. The van der Waals surface area contributed by atoms with E-state index in [-0.39, 0.29) is 41.5 Å². The second kappa shape index (κ2) is 10.5. The minimum atomic E-state index is -0.501. The van der Waals surface area contributed by atoms with Gasteiger partial charge in [0.05, 0.1) is 29.7 Å². The van der Waals surface area contributed by atoms with Crippen molar-refractivity contribution in [1.29, 1.82) is 0 Å². The number of carbonyl (C=O) groups excluding carboxylic acids is 3. The summed E-state index contributed by atoms with van der Waals surface area (Å²) < 4.78 is 0. The van der Waals surface area contributed by atoms with Crippen LogP contribution in [0.25, 0.3) is 0 Å². The van der Waals surface area contributed by atoms with Crippen LogP contribution in [0, 0.1) is 5.92 Å². The van der Waals surface area contributed by atoms with E-state index in [1.807, 2.05) is 31.4 Å². The van der Waals surface area contributed by atoms with E-state index in [0.29, 0.717) is 5.02 Å². The van der Waals surface area contributed by atoms with Crippen LogP contribution in [-0.4, -0.2) is 30.8 Å². The van der Waals surface area contributed by atoms with E-state index < -0.39 is 11.8 Å². The van der Waals surface area contributed by atoms with Gasteiger partial charge < -0.3 is 16.0 Å². The Morgan fingerprint density at radius 3 is 2.36 bits per heavy atom. The monoisotopic (exact) mass is 441 g/mol. The van der Waals surface area contributed by atoms with E-state index in [0.717, 1.165) is 4.88 Å². The van der Waals surface area contributed by atoms with Crippen LogP contribution in [0.2, 0.25) is 10.0 Å². The fourth-order valence-electron chi connectivity index (χ4n) is 2.43. The number of amides is 3. The molecule has 0 saturated carbocycles. The third-order valence-corrected chi connectivity index (χ3v) is 5.37. The topological polar surface area (TPSA) is 87.3 Å². The van der Waals surface area contributed by atoms with Gasteiger partial charge in [0.2, 0.25) is 11.8 Å². The summed E-state index contributed by atoms with van der Waals surface area (Å²) in [5.41, 5.74) is 0.215. The van der Waals surface area contributed by atoms with Gasteiger partial charge in [-0.2, -0.15) is 0 Å². The molecule has 1 atom stereocenters. The Labute approximate surface area is 177 Å². The Balaban J connectivity index is 1.78. The number of hydrogen-bond donors (Lipinski definition) is 3. The lowest BCUT2D eigenvalue weighted by atomic mass is 10.0. The molecule has 0 saturated heterocycles. The third kappa shape index (κ3) is 6.51. The highest BCUT2D eigenvalue weighted by Crippen LogP contribution is 2.25. The molecule has 0 bridgehead atoms. The fourth-order valence-corrected chi connectivity index (χ4v) is 3.87. The average molecular weight is 442 g/mol. The van der Waals surface area contributed by atoms with Crippen molar-refractivity contribution in [2.75, 3.05) is 13.1 Å². The molecule has 3 N–H and O–H groups in total. The Bertz CT molecular complexity index is 841. The highest BCUT2D eigenvalue weighted by molar-refractivity contribution is 7.10. The van der Waals surface area contributed by atoms with E-state index in [4.69, 9.17) is 23.2 Å². The summed E-state index contributed by atoms with van der Waals surface area (Å²) in [5.74, 6) is -1.07. The fraction of sp³-hybridized carbons (Fsp3) is 0.316. The molecule has 28 heavy (non-hydrogen) atoms. The summed E-state index contributed by atoms with van der Waals surface area (Å²) in [6.07, 6.45) is 0. The molecule has 0 aliphatic carbocycles. The van der Waals surface area contributed by atoms with Crippen molar-refractivity contribution in [3.05, 3.63) is 56.2 Å². The third-order valence-electron chi connectivity index (χ3n) is 3.86. The smallest absolute Gasteiger partial charge is 0.253 e. The van der Waals surface area contributed by atoms with Crippen molar-refractivity contribution in [1.82, 2.24) is 16.0 Å². The van der Waals surface area contributed by atoms with E-state index in [9.17, 15) is 14.4 Å². The first-order valence-corrected chi connectivity index (χ1v) is 10.2. The maximum Gasteiger partial charge on any atom is 0.253 e. The highest BCUT2D eigenvalue weighted by atomic mass is 35.5. The van der Waals surface area contributed by atoms with Crippen molar-refractivity contribution in [2.24, 2.45) is 5.92 Å². The van der Waals surface area contributed by atoms with Gasteiger partial charge in [0.1, 0.15) is 0 Å². The Morgan fingerprint density at radius 2 is 1.75 bits per heavy atom. The zero-order chi connectivity index (χ0) is 20.7. The molecule has 3 amide bonds. The van der Waals surface area contributed by atoms with Crippen molar-refractivity contribution in [2.45, 2.75) is 19.9 Å². The molecule has 0 spiro atoms. The standard InChI is InChI=1S/C19H21Cl2N3O3S/c1-11(2)18(15-4-3-7-28-15)24-17(26)10-22-16(25)9-23-19(27)13-6-5-12(20)8-14(13)21/h3-8,11,18H,9-10H2,1-2H3,(H,22,25)(H,23,27)(H,24,26)/t18-/m1/s1. The number of nitrogens with one attached hydrogen (secondary N) is 3. The molecule has 6 nitrogen and oxygen atoms in total. The van der Waals surface area contributed by atoms with Gasteiger partial charge in [0.25, 0.3) is 5.91 Å². The van der Waals surface area contributed by atoms with E-state index in [1.54, 1.807) is 11.3 Å². The Hall–Kier alpha value is -2.09. The quantitative estimate of drug-likeness (QED) is 0.586. The molecule has 2 aromatic rings. The Kier molecular flexibility index (Phi) is 8.29. The lowest BCUT2D eigenvalue weighted by molar-refractivity contribution is -0.126. The molecule has 1 heterocycles. The molecular formula is C19H21Cl2N3O3S. The molecule has 9 heteroatoms. The molecule has 0 aliphatic heterocycles. The first-order valence-electron chi connectivity index (χ1n) is 8.60. The molecule has 0 radical (unpaired) electrons. The minimum absolute atomic E-state index is 0.115. The predicted octanol–water partition coefficient (Wildman–Crippen LogP) is 3.41. The van der Waals surface area contributed by atoms with Gasteiger partial charge in [-0.3, -0.25) is 14.4 Å². The number of halogens is 2. The maximum atomic E-state index is 12.2. The van der Waals surface area contributed by atoms with Gasteiger partial charge in [-0.1, -0.05) is 43.1 Å². The minimum Gasteiger partial charge on any atom is -0.347 e. The molecule has 1 aromatic heterocycles. The molecule has 0 fully saturated rings. The molecular weight excluding hydrogens is 421 g/mol. The number of rotatable bonds is 8. The van der Waals surface area contributed by atoms with E-state index >= 15 is 0 Å². The Morgan fingerprint density at radius 1 is 1.04 bits per heavy atom. The van der Waals surface area contributed by atoms with Crippen molar-refractivity contribution < 1.29 is 14.4 Å². The van der Waals surface area contributed by atoms with Crippen LogP contribution in [0.15, 0.2) is 35.7 Å². The first-order chi connectivity index (χ1) is 13.3. The number of thiophene rings is 1. The average Bonchev–Trinajstić information content (AvgIpc) is 3.16. The summed E-state index contributed by atoms with van der Waals surface area (Å²) in [6.45, 7) is 3.58. The highest BCUT2D eigenvalue weighted by Gasteiger charge is 2.19. The van der Waals surface area contributed by atoms with Crippen molar-refractivity contribution in [3.63, 3.8) is 0 Å². The molecule has 0 aliphatic rings. The van der Waals surface area contributed by atoms with Gasteiger partial charge in [0, 0.05) is 9.90 Å². The van der Waals surface area contributed by atoms with Gasteiger partial charge in [-0.15, -0.1) is 11.3 Å². The lowest BCUT2D eigenvalue weighted by Gasteiger charge is -2.21. The lowest BCUT2D eigenvalue weighted by Crippen LogP contribution is -2.43. The van der Waals surface area contributed by atoms with Crippen LogP contribution in [0.3, 0.4) is 0 Å². The zero-order valence-electron chi connectivity index (χ0n) is 15.4.